The molecule has 0 bridgehead atoms. The van der Waals surface area contributed by atoms with Gasteiger partial charge in [-0.15, -0.1) is 12.6 Å². The van der Waals surface area contributed by atoms with Gasteiger partial charge in [0.05, 0.1) is 6.10 Å². The Hall–Kier alpha value is -1.07. The van der Waals surface area contributed by atoms with E-state index in [1.807, 2.05) is 0 Å². The number of amides is 1. The summed E-state index contributed by atoms with van der Waals surface area (Å²) in [6, 6.07) is 4.24. The Balaban J connectivity index is 2.13. The molecule has 1 fully saturated rings. The molecule has 0 N–H and O–H groups in total. The molecule has 5 heteroatoms. The van der Waals surface area contributed by atoms with Crippen molar-refractivity contribution in [2.75, 3.05) is 20.2 Å². The summed E-state index contributed by atoms with van der Waals surface area (Å²) in [6.07, 6.45) is 0.979. The molecular weight excluding hydrogens is 265 g/mol. The van der Waals surface area contributed by atoms with Gasteiger partial charge < -0.3 is 9.64 Å². The van der Waals surface area contributed by atoms with Gasteiger partial charge in [0.1, 0.15) is 5.82 Å². The number of hydrogen-bond donors (Lipinski definition) is 1. The third-order valence-electron chi connectivity index (χ3n) is 3.67. The standard InChI is InChI=1S/C14H18FNO2S/c1-9-5-6-16(8-12(9)18-2)14(17)10-3-4-11(15)13(19)7-10/h3-4,7,9,12,19H,5-6,8H2,1-2H3. The maximum atomic E-state index is 13.2. The number of thiol groups is 1. The molecule has 0 spiro atoms. The van der Waals surface area contributed by atoms with Crippen LogP contribution in [0.15, 0.2) is 23.1 Å². The summed E-state index contributed by atoms with van der Waals surface area (Å²) in [5, 5.41) is 0. The van der Waals surface area contributed by atoms with Gasteiger partial charge >= 0.3 is 0 Å². The number of ether oxygens (including phenoxy) is 1. The number of nitrogens with zero attached hydrogens (tertiary/aromatic N) is 1. The van der Waals surface area contributed by atoms with Gasteiger partial charge in [0.25, 0.3) is 5.91 Å². The molecule has 19 heavy (non-hydrogen) atoms. The van der Waals surface area contributed by atoms with E-state index >= 15 is 0 Å². The zero-order valence-electron chi connectivity index (χ0n) is 11.1. The van der Waals surface area contributed by atoms with Crippen molar-refractivity contribution >= 4 is 18.5 Å². The lowest BCUT2D eigenvalue weighted by atomic mass is 9.95. The van der Waals surface area contributed by atoms with Gasteiger partial charge in [0, 0.05) is 30.7 Å². The molecule has 1 aliphatic rings. The van der Waals surface area contributed by atoms with Crippen LogP contribution in [0.4, 0.5) is 4.39 Å². The average Bonchev–Trinajstić information content (AvgIpc) is 2.41. The van der Waals surface area contributed by atoms with E-state index in [0.29, 0.717) is 24.6 Å². The number of carbonyl (C=O) groups is 1. The van der Waals surface area contributed by atoms with Gasteiger partial charge in [0.15, 0.2) is 0 Å². The molecule has 1 saturated heterocycles. The highest BCUT2D eigenvalue weighted by atomic mass is 32.1. The SMILES string of the molecule is COC1CN(C(=O)c2ccc(F)c(S)c2)CCC1C. The number of halogens is 1. The highest BCUT2D eigenvalue weighted by Crippen LogP contribution is 2.22. The van der Waals surface area contributed by atoms with E-state index in [0.717, 1.165) is 6.42 Å². The summed E-state index contributed by atoms with van der Waals surface area (Å²) in [5.74, 6) is -0.0612. The van der Waals surface area contributed by atoms with Crippen molar-refractivity contribution in [2.24, 2.45) is 5.92 Å². The van der Waals surface area contributed by atoms with Gasteiger partial charge in [-0.05, 0) is 30.5 Å². The van der Waals surface area contributed by atoms with E-state index in [2.05, 4.69) is 19.6 Å². The largest absolute Gasteiger partial charge is 0.379 e. The Morgan fingerprint density at radius 3 is 2.89 bits per heavy atom. The number of likely N-dealkylation sites (tertiary alicyclic amines) is 1. The molecule has 2 atom stereocenters. The lowest BCUT2D eigenvalue weighted by molar-refractivity contribution is -0.00157. The Morgan fingerprint density at radius 1 is 1.53 bits per heavy atom. The van der Waals surface area contributed by atoms with E-state index in [9.17, 15) is 9.18 Å². The minimum absolute atomic E-state index is 0.0635. The zero-order valence-corrected chi connectivity index (χ0v) is 12.0. The first-order valence-electron chi connectivity index (χ1n) is 6.33. The van der Waals surface area contributed by atoms with Gasteiger partial charge in [-0.25, -0.2) is 4.39 Å². The maximum absolute atomic E-state index is 13.2. The van der Waals surface area contributed by atoms with Gasteiger partial charge in [-0.1, -0.05) is 6.92 Å². The molecule has 0 saturated carbocycles. The summed E-state index contributed by atoms with van der Waals surface area (Å²) < 4.78 is 18.5. The summed E-state index contributed by atoms with van der Waals surface area (Å²) in [5.41, 5.74) is 0.468. The molecule has 2 rings (SSSR count). The normalized spacial score (nSPS) is 23.5. The Kier molecular flexibility index (Phi) is 4.47. The summed E-state index contributed by atoms with van der Waals surface area (Å²) >= 11 is 4.01. The number of piperidine rings is 1. The fourth-order valence-corrected chi connectivity index (χ4v) is 2.57. The molecule has 2 unspecified atom stereocenters. The molecule has 104 valence electrons. The number of carbonyl (C=O) groups excluding carboxylic acids is 1. The lowest BCUT2D eigenvalue weighted by Crippen LogP contribution is -2.46. The Labute approximate surface area is 118 Å². The van der Waals surface area contributed by atoms with Crippen LogP contribution >= 0.6 is 12.6 Å². The quantitative estimate of drug-likeness (QED) is 0.846. The number of rotatable bonds is 2. The van der Waals surface area contributed by atoms with Gasteiger partial charge in [-0.3, -0.25) is 4.79 Å². The van der Waals surface area contributed by atoms with Gasteiger partial charge in [-0.2, -0.15) is 0 Å². The lowest BCUT2D eigenvalue weighted by Gasteiger charge is -2.36. The second-order valence-electron chi connectivity index (χ2n) is 4.96. The van der Waals surface area contributed by atoms with Crippen LogP contribution in [0.2, 0.25) is 0 Å². The van der Waals surface area contributed by atoms with Crippen molar-refractivity contribution in [3.05, 3.63) is 29.6 Å². The minimum Gasteiger partial charge on any atom is -0.379 e. The Morgan fingerprint density at radius 2 is 2.26 bits per heavy atom. The first kappa shape index (κ1) is 14.3. The van der Waals surface area contributed by atoms with Crippen molar-refractivity contribution < 1.29 is 13.9 Å². The van der Waals surface area contributed by atoms with Gasteiger partial charge in [0.2, 0.25) is 0 Å². The van der Waals surface area contributed by atoms with Crippen molar-refractivity contribution in [1.82, 2.24) is 4.90 Å². The number of methoxy groups -OCH3 is 1. The third kappa shape index (κ3) is 3.09. The predicted octanol–water partition coefficient (Wildman–Crippen LogP) is 2.61. The second-order valence-corrected chi connectivity index (χ2v) is 5.44. The van der Waals surface area contributed by atoms with Crippen molar-refractivity contribution in [3.63, 3.8) is 0 Å². The molecular formula is C14H18FNO2S. The number of hydrogen-bond acceptors (Lipinski definition) is 3. The first-order chi connectivity index (χ1) is 9.02. The van der Waals surface area contributed by atoms with Crippen LogP contribution < -0.4 is 0 Å². The van der Waals surface area contributed by atoms with E-state index in [1.54, 1.807) is 12.0 Å². The third-order valence-corrected chi connectivity index (χ3v) is 4.02. The van der Waals surface area contributed by atoms with Crippen LogP contribution in [0.1, 0.15) is 23.7 Å². The second kappa shape index (κ2) is 5.92. The van der Waals surface area contributed by atoms with Crippen LogP contribution in [0.3, 0.4) is 0 Å². The molecule has 0 radical (unpaired) electrons. The topological polar surface area (TPSA) is 29.5 Å². The molecule has 0 aromatic heterocycles. The fourth-order valence-electron chi connectivity index (χ4n) is 2.35. The maximum Gasteiger partial charge on any atom is 0.253 e. The molecule has 3 nitrogen and oxygen atoms in total. The smallest absolute Gasteiger partial charge is 0.253 e. The van der Waals surface area contributed by atoms with Crippen LogP contribution in [0, 0.1) is 11.7 Å². The highest BCUT2D eigenvalue weighted by Gasteiger charge is 2.29. The first-order valence-corrected chi connectivity index (χ1v) is 6.78. The molecule has 1 aliphatic heterocycles. The molecule has 1 aromatic carbocycles. The Bertz CT molecular complexity index is 481. The van der Waals surface area contributed by atoms with Crippen molar-refractivity contribution in [3.8, 4) is 0 Å². The average molecular weight is 283 g/mol. The highest BCUT2D eigenvalue weighted by molar-refractivity contribution is 7.80. The molecule has 1 aromatic rings. The van der Waals surface area contributed by atoms with Crippen LogP contribution in [0.25, 0.3) is 0 Å². The summed E-state index contributed by atoms with van der Waals surface area (Å²) in [7, 11) is 1.67. The fraction of sp³-hybridized carbons (Fsp3) is 0.500. The van der Waals surface area contributed by atoms with Crippen LogP contribution in [0.5, 0.6) is 0 Å². The van der Waals surface area contributed by atoms with Crippen LogP contribution in [-0.4, -0.2) is 37.1 Å². The van der Waals surface area contributed by atoms with E-state index in [4.69, 9.17) is 4.74 Å². The molecule has 0 aliphatic carbocycles. The predicted molar refractivity (Wildman–Crippen MR) is 74.1 cm³/mol. The molecule has 1 amide bonds. The van der Waals surface area contributed by atoms with Crippen LogP contribution in [-0.2, 0) is 4.74 Å². The monoisotopic (exact) mass is 283 g/mol. The zero-order chi connectivity index (χ0) is 14.0. The summed E-state index contributed by atoms with van der Waals surface area (Å²) in [6.45, 7) is 3.41. The minimum atomic E-state index is -0.415. The van der Waals surface area contributed by atoms with Crippen molar-refractivity contribution in [1.29, 1.82) is 0 Å². The number of benzene rings is 1. The molecule has 1 heterocycles. The van der Waals surface area contributed by atoms with Crippen molar-refractivity contribution in [2.45, 2.75) is 24.3 Å². The van der Waals surface area contributed by atoms with E-state index in [1.165, 1.54) is 18.2 Å². The summed E-state index contributed by atoms with van der Waals surface area (Å²) in [4.78, 5) is 14.3. The van der Waals surface area contributed by atoms with E-state index < -0.39 is 5.82 Å². The van der Waals surface area contributed by atoms with E-state index in [-0.39, 0.29) is 16.9 Å².